The van der Waals surface area contributed by atoms with E-state index in [9.17, 15) is 4.79 Å². The number of aromatic nitrogens is 2. The van der Waals surface area contributed by atoms with E-state index in [1.807, 2.05) is 24.3 Å². The van der Waals surface area contributed by atoms with Crippen molar-refractivity contribution in [2.24, 2.45) is 0 Å². The van der Waals surface area contributed by atoms with Gasteiger partial charge in [0, 0.05) is 19.0 Å². The van der Waals surface area contributed by atoms with Gasteiger partial charge < -0.3 is 9.84 Å². The molecule has 5 heteroatoms. The van der Waals surface area contributed by atoms with Crippen molar-refractivity contribution < 1.29 is 9.32 Å². The van der Waals surface area contributed by atoms with Gasteiger partial charge >= 0.3 is 0 Å². The molecular weight excluding hydrogens is 206 g/mol. The monoisotopic (exact) mass is 217 g/mol. The largest absolute Gasteiger partial charge is 0.343 e. The molecule has 1 N–H and O–H groups in total. The lowest BCUT2D eigenvalue weighted by Gasteiger charge is -2.02. The molecule has 1 amide bonds. The van der Waals surface area contributed by atoms with Gasteiger partial charge in [-0.2, -0.15) is 4.98 Å². The van der Waals surface area contributed by atoms with Crippen LogP contribution in [0.4, 0.5) is 5.69 Å². The Balaban J connectivity index is 2.05. The summed E-state index contributed by atoms with van der Waals surface area (Å²) in [6.45, 7) is 1.48. The van der Waals surface area contributed by atoms with Crippen LogP contribution in [-0.2, 0) is 11.2 Å². The first kappa shape index (κ1) is 10.4. The van der Waals surface area contributed by atoms with Gasteiger partial charge in [0.05, 0.1) is 0 Å². The van der Waals surface area contributed by atoms with E-state index in [4.69, 9.17) is 0 Å². The zero-order valence-electron chi connectivity index (χ0n) is 8.80. The van der Waals surface area contributed by atoms with Gasteiger partial charge in [0.15, 0.2) is 5.82 Å². The van der Waals surface area contributed by atoms with Gasteiger partial charge in [-0.1, -0.05) is 17.3 Å². The highest BCUT2D eigenvalue weighted by atomic mass is 16.5. The van der Waals surface area contributed by atoms with Gasteiger partial charge in [-0.05, 0) is 17.7 Å². The molecule has 2 aromatic rings. The van der Waals surface area contributed by atoms with Crippen molar-refractivity contribution in [3.05, 3.63) is 42.0 Å². The second kappa shape index (κ2) is 4.57. The van der Waals surface area contributed by atoms with Crippen LogP contribution >= 0.6 is 0 Å². The first-order chi connectivity index (χ1) is 7.74. The molecule has 0 aliphatic carbocycles. The quantitative estimate of drug-likeness (QED) is 0.848. The number of benzene rings is 1. The number of hydrogen-bond acceptors (Lipinski definition) is 4. The summed E-state index contributed by atoms with van der Waals surface area (Å²) in [4.78, 5) is 14.7. The van der Waals surface area contributed by atoms with Crippen molar-refractivity contribution in [1.82, 2.24) is 10.1 Å². The van der Waals surface area contributed by atoms with Crippen molar-refractivity contribution >= 4 is 11.6 Å². The minimum Gasteiger partial charge on any atom is -0.343 e. The zero-order valence-corrected chi connectivity index (χ0v) is 8.80. The fourth-order valence-electron chi connectivity index (χ4n) is 1.36. The molecule has 1 heterocycles. The van der Waals surface area contributed by atoms with Crippen LogP contribution < -0.4 is 5.32 Å². The minimum absolute atomic E-state index is 0.0779. The molecule has 2 rings (SSSR count). The molecular formula is C11H11N3O2. The SMILES string of the molecule is CC(=O)Nc1ccc(Cc2ncon2)cc1. The van der Waals surface area contributed by atoms with Crippen molar-refractivity contribution in [3.8, 4) is 0 Å². The average molecular weight is 217 g/mol. The second-order valence-electron chi connectivity index (χ2n) is 3.40. The third-order valence-corrected chi connectivity index (χ3v) is 2.04. The maximum absolute atomic E-state index is 10.8. The van der Waals surface area contributed by atoms with Gasteiger partial charge in [0.25, 0.3) is 0 Å². The standard InChI is InChI=1S/C11H11N3O2/c1-8(15)13-10-4-2-9(3-5-10)6-11-12-7-16-14-11/h2-5,7H,6H2,1H3,(H,13,15). The number of carbonyl (C=O) groups excluding carboxylic acids is 1. The van der Waals surface area contributed by atoms with Crippen LogP contribution in [0, 0.1) is 0 Å². The number of anilines is 1. The molecule has 0 spiro atoms. The zero-order chi connectivity index (χ0) is 11.4. The van der Waals surface area contributed by atoms with Crippen molar-refractivity contribution in [2.45, 2.75) is 13.3 Å². The van der Waals surface area contributed by atoms with Gasteiger partial charge in [-0.25, -0.2) is 0 Å². The smallest absolute Gasteiger partial charge is 0.221 e. The van der Waals surface area contributed by atoms with Crippen LogP contribution in [0.15, 0.2) is 35.2 Å². The minimum atomic E-state index is -0.0779. The van der Waals surface area contributed by atoms with E-state index in [0.29, 0.717) is 12.2 Å². The number of nitrogens with zero attached hydrogens (tertiary/aromatic N) is 2. The van der Waals surface area contributed by atoms with Crippen molar-refractivity contribution in [1.29, 1.82) is 0 Å². The Bertz CT molecular complexity index is 462. The Labute approximate surface area is 92.5 Å². The van der Waals surface area contributed by atoms with E-state index in [0.717, 1.165) is 11.3 Å². The number of nitrogens with one attached hydrogen (secondary N) is 1. The molecule has 1 aromatic carbocycles. The maximum Gasteiger partial charge on any atom is 0.221 e. The third-order valence-electron chi connectivity index (χ3n) is 2.04. The lowest BCUT2D eigenvalue weighted by atomic mass is 10.1. The molecule has 0 radical (unpaired) electrons. The molecule has 16 heavy (non-hydrogen) atoms. The molecule has 0 fully saturated rings. The Kier molecular flexibility index (Phi) is 2.95. The fraction of sp³-hybridized carbons (Fsp3) is 0.182. The summed E-state index contributed by atoms with van der Waals surface area (Å²) in [5.74, 6) is 0.568. The Morgan fingerprint density at radius 2 is 2.12 bits per heavy atom. The molecule has 0 aliphatic rings. The topological polar surface area (TPSA) is 68.0 Å². The predicted octanol–water partition coefficient (Wildman–Crippen LogP) is 1.62. The van der Waals surface area contributed by atoms with Crippen LogP contribution in [0.1, 0.15) is 18.3 Å². The molecule has 0 saturated carbocycles. The molecule has 5 nitrogen and oxygen atoms in total. The molecule has 0 bridgehead atoms. The van der Waals surface area contributed by atoms with Gasteiger partial charge in [0.1, 0.15) is 0 Å². The summed E-state index contributed by atoms with van der Waals surface area (Å²) in [7, 11) is 0. The average Bonchev–Trinajstić information content (AvgIpc) is 2.73. The predicted molar refractivity (Wildman–Crippen MR) is 57.8 cm³/mol. The van der Waals surface area contributed by atoms with E-state index in [1.54, 1.807) is 0 Å². The molecule has 0 saturated heterocycles. The summed E-state index contributed by atoms with van der Waals surface area (Å²) in [6, 6.07) is 7.52. The summed E-state index contributed by atoms with van der Waals surface area (Å²) in [6.07, 6.45) is 1.93. The van der Waals surface area contributed by atoms with Crippen molar-refractivity contribution in [3.63, 3.8) is 0 Å². The van der Waals surface area contributed by atoms with E-state index in [1.165, 1.54) is 13.3 Å². The molecule has 82 valence electrons. The van der Waals surface area contributed by atoms with Crippen LogP contribution in [0.25, 0.3) is 0 Å². The number of amides is 1. The highest BCUT2D eigenvalue weighted by molar-refractivity contribution is 5.88. The Hall–Kier alpha value is -2.17. The number of rotatable bonds is 3. The molecule has 1 aromatic heterocycles. The lowest BCUT2D eigenvalue weighted by Crippen LogP contribution is -2.05. The van der Waals surface area contributed by atoms with Crippen LogP contribution in [0.2, 0.25) is 0 Å². The maximum atomic E-state index is 10.8. The first-order valence-electron chi connectivity index (χ1n) is 4.86. The van der Waals surface area contributed by atoms with E-state index in [-0.39, 0.29) is 5.91 Å². The second-order valence-corrected chi connectivity index (χ2v) is 3.40. The van der Waals surface area contributed by atoms with Crippen LogP contribution in [0.3, 0.4) is 0 Å². The summed E-state index contributed by atoms with van der Waals surface area (Å²) in [5.41, 5.74) is 1.85. The summed E-state index contributed by atoms with van der Waals surface area (Å²) in [5, 5.41) is 6.43. The van der Waals surface area contributed by atoms with Crippen LogP contribution in [-0.4, -0.2) is 16.0 Å². The van der Waals surface area contributed by atoms with Crippen molar-refractivity contribution in [2.75, 3.05) is 5.32 Å². The van der Waals surface area contributed by atoms with Gasteiger partial charge in [-0.15, -0.1) is 0 Å². The summed E-state index contributed by atoms with van der Waals surface area (Å²) < 4.78 is 4.64. The normalized spacial score (nSPS) is 10.1. The van der Waals surface area contributed by atoms with E-state index < -0.39 is 0 Å². The summed E-state index contributed by atoms with van der Waals surface area (Å²) >= 11 is 0. The number of hydrogen-bond donors (Lipinski definition) is 1. The first-order valence-corrected chi connectivity index (χ1v) is 4.86. The Morgan fingerprint density at radius 1 is 1.38 bits per heavy atom. The number of carbonyl (C=O) groups is 1. The van der Waals surface area contributed by atoms with Gasteiger partial charge in [0.2, 0.25) is 12.3 Å². The third kappa shape index (κ3) is 2.66. The molecule has 0 unspecified atom stereocenters. The fourth-order valence-corrected chi connectivity index (χ4v) is 1.36. The highest BCUT2D eigenvalue weighted by Gasteiger charge is 2.01. The van der Waals surface area contributed by atoms with E-state index in [2.05, 4.69) is 20.0 Å². The Morgan fingerprint density at radius 3 is 2.69 bits per heavy atom. The van der Waals surface area contributed by atoms with Gasteiger partial charge in [-0.3, -0.25) is 4.79 Å². The molecule has 0 atom stereocenters. The molecule has 0 aliphatic heterocycles. The highest BCUT2D eigenvalue weighted by Crippen LogP contribution is 2.11. The van der Waals surface area contributed by atoms with Crippen LogP contribution in [0.5, 0.6) is 0 Å². The van der Waals surface area contributed by atoms with E-state index >= 15 is 0 Å². The lowest BCUT2D eigenvalue weighted by molar-refractivity contribution is -0.114.